The first-order valence-corrected chi connectivity index (χ1v) is 12.5. The van der Waals surface area contributed by atoms with Crippen molar-refractivity contribution in [1.82, 2.24) is 19.7 Å². The smallest absolute Gasteiger partial charge is 0.339 e. The Morgan fingerprint density at radius 1 is 0.973 bits per heavy atom. The number of hydrogen-bond acceptors (Lipinski definition) is 5. The van der Waals surface area contributed by atoms with Crippen LogP contribution in [0.5, 0.6) is 0 Å². The summed E-state index contributed by atoms with van der Waals surface area (Å²) in [5.74, 6) is -0.461. The summed E-state index contributed by atoms with van der Waals surface area (Å²) < 4.78 is 41.6. The third kappa shape index (κ3) is 5.26. The number of likely N-dealkylation sites (tertiary alicyclic amines) is 1. The molecule has 0 unspecified atom stereocenters. The highest BCUT2D eigenvalue weighted by atomic mass is 32.1. The molecular weight excluding hydrogens is 503 g/mol. The van der Waals surface area contributed by atoms with Crippen molar-refractivity contribution in [2.45, 2.75) is 24.9 Å². The molecule has 1 aliphatic rings. The highest BCUT2D eigenvalue weighted by Gasteiger charge is 2.36. The first kappa shape index (κ1) is 24.7. The van der Waals surface area contributed by atoms with Gasteiger partial charge in [-0.1, -0.05) is 30.3 Å². The fourth-order valence-electron chi connectivity index (χ4n) is 4.35. The van der Waals surface area contributed by atoms with Crippen molar-refractivity contribution < 1.29 is 22.8 Å². The first-order valence-electron chi connectivity index (χ1n) is 11.6. The SMILES string of the molecule is O=C(Nc1ccnn1-c1ccccc1)c1csc(C2CCN(C(=O)c3ccccc3C(F)(F)F)CC2)n1. The van der Waals surface area contributed by atoms with Crippen molar-refractivity contribution in [2.75, 3.05) is 18.4 Å². The molecule has 2 aromatic carbocycles. The number of nitrogens with zero attached hydrogens (tertiary/aromatic N) is 4. The van der Waals surface area contributed by atoms with Gasteiger partial charge in [-0.05, 0) is 37.1 Å². The van der Waals surface area contributed by atoms with Crippen LogP contribution < -0.4 is 5.32 Å². The van der Waals surface area contributed by atoms with Gasteiger partial charge in [-0.2, -0.15) is 18.3 Å². The summed E-state index contributed by atoms with van der Waals surface area (Å²) in [4.78, 5) is 31.7. The van der Waals surface area contributed by atoms with Crippen LogP contribution in [-0.4, -0.2) is 44.6 Å². The van der Waals surface area contributed by atoms with E-state index in [-0.39, 0.29) is 23.1 Å². The third-order valence-electron chi connectivity index (χ3n) is 6.23. The second kappa shape index (κ2) is 10.2. The number of thiazole rings is 1. The average Bonchev–Trinajstić information content (AvgIpc) is 3.59. The second-order valence-corrected chi connectivity index (χ2v) is 9.49. The van der Waals surface area contributed by atoms with Gasteiger partial charge in [-0.3, -0.25) is 9.59 Å². The van der Waals surface area contributed by atoms with Gasteiger partial charge in [0.25, 0.3) is 11.8 Å². The summed E-state index contributed by atoms with van der Waals surface area (Å²) in [7, 11) is 0. The van der Waals surface area contributed by atoms with E-state index in [0.717, 1.165) is 16.8 Å². The predicted molar refractivity (Wildman–Crippen MR) is 133 cm³/mol. The summed E-state index contributed by atoms with van der Waals surface area (Å²) in [6.07, 6.45) is -1.90. The lowest BCUT2D eigenvalue weighted by Gasteiger charge is -2.31. The van der Waals surface area contributed by atoms with Crippen molar-refractivity contribution in [1.29, 1.82) is 0 Å². The molecule has 4 aromatic rings. The molecule has 0 radical (unpaired) electrons. The van der Waals surface area contributed by atoms with Crippen LogP contribution in [-0.2, 0) is 6.18 Å². The second-order valence-electron chi connectivity index (χ2n) is 8.60. The number of amides is 2. The van der Waals surface area contributed by atoms with E-state index >= 15 is 0 Å². The maximum absolute atomic E-state index is 13.3. The highest BCUT2D eigenvalue weighted by molar-refractivity contribution is 7.10. The fourth-order valence-corrected chi connectivity index (χ4v) is 5.32. The number of alkyl halides is 3. The van der Waals surface area contributed by atoms with Crippen molar-refractivity contribution in [3.05, 3.63) is 94.1 Å². The van der Waals surface area contributed by atoms with Gasteiger partial charge < -0.3 is 10.2 Å². The summed E-state index contributed by atoms with van der Waals surface area (Å²) in [6.45, 7) is 0.625. The fraction of sp³-hybridized carbons (Fsp3) is 0.231. The van der Waals surface area contributed by atoms with Gasteiger partial charge in [0.05, 0.1) is 28.0 Å². The first-order chi connectivity index (χ1) is 17.8. The zero-order valence-electron chi connectivity index (χ0n) is 19.5. The zero-order chi connectivity index (χ0) is 26.0. The highest BCUT2D eigenvalue weighted by Crippen LogP contribution is 2.34. The van der Waals surface area contributed by atoms with E-state index in [1.165, 1.54) is 34.4 Å². The monoisotopic (exact) mass is 525 g/mol. The lowest BCUT2D eigenvalue weighted by molar-refractivity contribution is -0.138. The van der Waals surface area contributed by atoms with E-state index in [1.807, 2.05) is 30.3 Å². The van der Waals surface area contributed by atoms with Crippen LogP contribution in [0.3, 0.4) is 0 Å². The van der Waals surface area contributed by atoms with E-state index in [1.54, 1.807) is 22.3 Å². The van der Waals surface area contributed by atoms with E-state index in [2.05, 4.69) is 15.4 Å². The van der Waals surface area contributed by atoms with E-state index in [0.29, 0.717) is 31.7 Å². The Kier molecular flexibility index (Phi) is 6.79. The van der Waals surface area contributed by atoms with Crippen LogP contribution in [0, 0.1) is 0 Å². The standard InChI is InChI=1S/C26H22F3N5O2S/c27-26(28,29)20-9-5-4-8-19(20)25(36)33-14-11-17(12-15-33)24-31-21(16-37-24)23(35)32-22-10-13-30-34(22)18-6-2-1-3-7-18/h1-10,13,16-17H,11-12,14-15H2,(H,32,35). The van der Waals surface area contributed by atoms with Crippen molar-refractivity contribution in [2.24, 2.45) is 0 Å². The molecule has 1 N–H and O–H groups in total. The average molecular weight is 526 g/mol. The maximum Gasteiger partial charge on any atom is 0.417 e. The number of aromatic nitrogens is 3. The van der Waals surface area contributed by atoms with Crippen molar-refractivity contribution in [3.8, 4) is 5.69 Å². The quantitative estimate of drug-likeness (QED) is 0.367. The van der Waals surface area contributed by atoms with Crippen molar-refractivity contribution in [3.63, 3.8) is 0 Å². The summed E-state index contributed by atoms with van der Waals surface area (Å²) in [5, 5.41) is 9.56. The van der Waals surface area contributed by atoms with Gasteiger partial charge in [0, 0.05) is 30.5 Å². The topological polar surface area (TPSA) is 80.1 Å². The molecule has 5 rings (SSSR count). The molecule has 37 heavy (non-hydrogen) atoms. The Morgan fingerprint density at radius 3 is 2.41 bits per heavy atom. The van der Waals surface area contributed by atoms with Crippen LogP contribution in [0.15, 0.2) is 72.2 Å². The van der Waals surface area contributed by atoms with Crippen LogP contribution in [0.2, 0.25) is 0 Å². The molecule has 3 heterocycles. The van der Waals surface area contributed by atoms with Crippen molar-refractivity contribution >= 4 is 29.0 Å². The minimum Gasteiger partial charge on any atom is -0.339 e. The van der Waals surface area contributed by atoms with Gasteiger partial charge in [0.15, 0.2) is 0 Å². The van der Waals surface area contributed by atoms with Crippen LogP contribution in [0.4, 0.5) is 19.0 Å². The largest absolute Gasteiger partial charge is 0.417 e. The van der Waals surface area contributed by atoms with Gasteiger partial charge in [-0.15, -0.1) is 11.3 Å². The lowest BCUT2D eigenvalue weighted by atomic mass is 9.96. The number of piperidine rings is 1. The van der Waals surface area contributed by atoms with Crippen LogP contribution in [0.25, 0.3) is 5.69 Å². The van der Waals surface area contributed by atoms with E-state index < -0.39 is 17.6 Å². The van der Waals surface area contributed by atoms with Gasteiger partial charge in [0.2, 0.25) is 0 Å². The predicted octanol–water partition coefficient (Wildman–Crippen LogP) is 5.62. The summed E-state index contributed by atoms with van der Waals surface area (Å²) in [5.41, 5.74) is -0.179. The van der Waals surface area contributed by atoms with Crippen LogP contribution >= 0.6 is 11.3 Å². The Morgan fingerprint density at radius 2 is 1.68 bits per heavy atom. The molecule has 0 bridgehead atoms. The maximum atomic E-state index is 13.3. The minimum atomic E-state index is -4.60. The molecular formula is C26H22F3N5O2S. The minimum absolute atomic E-state index is 0.0170. The van der Waals surface area contributed by atoms with Gasteiger partial charge in [0.1, 0.15) is 11.5 Å². The number of benzene rings is 2. The molecule has 2 aromatic heterocycles. The third-order valence-corrected chi connectivity index (χ3v) is 7.24. The van der Waals surface area contributed by atoms with Gasteiger partial charge in [-0.25, -0.2) is 9.67 Å². The summed E-state index contributed by atoms with van der Waals surface area (Å²) >= 11 is 1.36. The molecule has 11 heteroatoms. The van der Waals surface area contributed by atoms with Crippen LogP contribution in [0.1, 0.15) is 50.2 Å². The Balaban J connectivity index is 1.22. The molecule has 1 saturated heterocycles. The molecule has 7 nitrogen and oxygen atoms in total. The number of carbonyl (C=O) groups is 2. The molecule has 1 aliphatic heterocycles. The van der Waals surface area contributed by atoms with E-state index in [4.69, 9.17) is 0 Å². The molecule has 1 fully saturated rings. The normalized spacial score (nSPS) is 14.5. The number of anilines is 1. The van der Waals surface area contributed by atoms with Gasteiger partial charge >= 0.3 is 6.18 Å². The molecule has 190 valence electrons. The molecule has 2 amide bonds. The number of carbonyl (C=O) groups excluding carboxylic acids is 2. The van der Waals surface area contributed by atoms with E-state index in [9.17, 15) is 22.8 Å². The molecule has 0 atom stereocenters. The Hall–Kier alpha value is -3.99. The molecule has 0 aliphatic carbocycles. The Bertz CT molecular complexity index is 1410. The number of para-hydroxylation sites is 1. The zero-order valence-corrected chi connectivity index (χ0v) is 20.3. The lowest BCUT2D eigenvalue weighted by Crippen LogP contribution is -2.38. The summed E-state index contributed by atoms with van der Waals surface area (Å²) in [6, 6.07) is 16.0. The molecule has 0 spiro atoms. The number of halogens is 3. The Labute approximate surface area is 214 Å². The number of hydrogen-bond donors (Lipinski definition) is 1. The molecule has 0 saturated carbocycles. The number of nitrogens with one attached hydrogen (secondary N) is 1. The number of rotatable bonds is 5.